The number of nitriles is 1. The van der Waals surface area contributed by atoms with E-state index < -0.39 is 0 Å². The second-order valence-electron chi connectivity index (χ2n) is 3.70. The zero-order valence-electron chi connectivity index (χ0n) is 10.2. The molecular weight excluding hydrogens is 294 g/mol. The Morgan fingerprint density at radius 1 is 1.39 bits per heavy atom. The molecule has 0 aromatic carbocycles. The lowest BCUT2D eigenvalue weighted by Crippen LogP contribution is -2.05. The average Bonchev–Trinajstić information content (AvgIpc) is 2.81. The van der Waals surface area contributed by atoms with Gasteiger partial charge in [0.1, 0.15) is 17.6 Å². The van der Waals surface area contributed by atoms with E-state index in [9.17, 15) is 0 Å². The Labute approximate surface area is 114 Å². The molecule has 0 amide bonds. The predicted octanol–water partition coefficient (Wildman–Crippen LogP) is 2.42. The van der Waals surface area contributed by atoms with E-state index in [4.69, 9.17) is 5.26 Å². The van der Waals surface area contributed by atoms with Crippen LogP contribution < -0.4 is 0 Å². The molecule has 0 bridgehead atoms. The van der Waals surface area contributed by atoms with Crippen molar-refractivity contribution in [3.63, 3.8) is 0 Å². The minimum atomic E-state index is 0.348. The maximum absolute atomic E-state index is 9.11. The molecule has 0 aliphatic heterocycles. The second-order valence-corrected chi connectivity index (χ2v) is 4.61. The minimum absolute atomic E-state index is 0.348. The molecule has 2 rings (SSSR count). The van der Waals surface area contributed by atoms with Gasteiger partial charge in [-0.2, -0.15) is 10.4 Å². The molecule has 6 heteroatoms. The molecule has 2 heterocycles. The van der Waals surface area contributed by atoms with E-state index in [0.29, 0.717) is 11.4 Å². The number of rotatable bonds is 3. The van der Waals surface area contributed by atoms with E-state index in [1.807, 2.05) is 19.9 Å². The molecule has 0 spiro atoms. The number of aryl methyl sites for hydroxylation is 2. The van der Waals surface area contributed by atoms with Gasteiger partial charge in [0.2, 0.25) is 0 Å². The van der Waals surface area contributed by atoms with Gasteiger partial charge >= 0.3 is 0 Å². The van der Waals surface area contributed by atoms with Crippen molar-refractivity contribution >= 4 is 15.9 Å². The predicted molar refractivity (Wildman–Crippen MR) is 70.3 cm³/mol. The fourth-order valence-electron chi connectivity index (χ4n) is 1.64. The van der Waals surface area contributed by atoms with Crippen LogP contribution in [-0.2, 0) is 12.8 Å². The summed E-state index contributed by atoms with van der Waals surface area (Å²) in [6.45, 7) is 4.01. The fourth-order valence-corrected chi connectivity index (χ4v) is 1.96. The summed E-state index contributed by atoms with van der Waals surface area (Å²) in [5.74, 6) is 1.61. The first kappa shape index (κ1) is 12.7. The molecule has 0 radical (unpaired) electrons. The molecule has 18 heavy (non-hydrogen) atoms. The number of hydrogen-bond acceptors (Lipinski definition) is 4. The number of aromatic nitrogens is 4. The Morgan fingerprint density at radius 2 is 2.17 bits per heavy atom. The van der Waals surface area contributed by atoms with E-state index in [0.717, 1.165) is 29.0 Å². The molecule has 0 saturated heterocycles. The van der Waals surface area contributed by atoms with Crippen LogP contribution >= 0.6 is 15.9 Å². The Hall–Kier alpha value is -1.74. The summed E-state index contributed by atoms with van der Waals surface area (Å²) in [4.78, 5) is 8.51. The van der Waals surface area contributed by atoms with E-state index in [1.54, 1.807) is 10.9 Å². The highest BCUT2D eigenvalue weighted by molar-refractivity contribution is 9.10. The Bertz CT molecular complexity index is 611. The van der Waals surface area contributed by atoms with Crippen molar-refractivity contribution in [2.24, 2.45) is 0 Å². The summed E-state index contributed by atoms with van der Waals surface area (Å²) in [5, 5.41) is 13.5. The van der Waals surface area contributed by atoms with Crippen LogP contribution in [0.2, 0.25) is 0 Å². The highest BCUT2D eigenvalue weighted by atomic mass is 79.9. The van der Waals surface area contributed by atoms with E-state index in [1.165, 1.54) is 0 Å². The first-order valence-electron chi connectivity index (χ1n) is 5.70. The quantitative estimate of drug-likeness (QED) is 0.873. The molecule has 0 atom stereocenters. The molecule has 0 fully saturated rings. The normalized spacial score (nSPS) is 10.3. The van der Waals surface area contributed by atoms with Crippen LogP contribution in [0.3, 0.4) is 0 Å². The van der Waals surface area contributed by atoms with Crippen LogP contribution in [-0.4, -0.2) is 19.7 Å². The molecule has 0 aliphatic carbocycles. The lowest BCUT2D eigenvalue weighted by Gasteiger charge is -2.06. The van der Waals surface area contributed by atoms with Crippen LogP contribution in [0, 0.1) is 11.3 Å². The lowest BCUT2D eigenvalue weighted by molar-refractivity contribution is 0.784. The largest absolute Gasteiger partial charge is 0.242 e. The first-order valence-corrected chi connectivity index (χ1v) is 6.49. The van der Waals surface area contributed by atoms with Crippen LogP contribution in [0.25, 0.3) is 5.69 Å². The van der Waals surface area contributed by atoms with Gasteiger partial charge in [-0.25, -0.2) is 14.6 Å². The number of pyridine rings is 1. The summed E-state index contributed by atoms with van der Waals surface area (Å²) in [6, 6.07) is 3.91. The fraction of sp³-hybridized carbons (Fsp3) is 0.333. The van der Waals surface area contributed by atoms with E-state index >= 15 is 0 Å². The van der Waals surface area contributed by atoms with Gasteiger partial charge in [-0.05, 0) is 22.0 Å². The number of nitrogens with zero attached hydrogens (tertiary/aromatic N) is 5. The molecule has 0 N–H and O–H groups in total. The third-order valence-corrected chi connectivity index (χ3v) is 2.95. The Balaban J connectivity index is 2.64. The van der Waals surface area contributed by atoms with E-state index in [2.05, 4.69) is 37.1 Å². The molecule has 2 aromatic heterocycles. The molecule has 92 valence electrons. The monoisotopic (exact) mass is 305 g/mol. The van der Waals surface area contributed by atoms with Gasteiger partial charge in [-0.15, -0.1) is 0 Å². The summed E-state index contributed by atoms with van der Waals surface area (Å²) < 4.78 is 2.52. The molecule has 0 saturated carbocycles. The van der Waals surface area contributed by atoms with Crippen LogP contribution in [0.15, 0.2) is 16.7 Å². The topological polar surface area (TPSA) is 67.4 Å². The first-order chi connectivity index (χ1) is 8.69. The standard InChI is InChI=1S/C12H12BrN5/c1-3-11-16-12(4-2)18(17-11)10-5-8(13)7-15-9(10)6-14/h5,7H,3-4H2,1-2H3. The smallest absolute Gasteiger partial charge is 0.166 e. The molecule has 0 aliphatic rings. The molecule has 0 unspecified atom stereocenters. The summed E-state index contributed by atoms with van der Waals surface area (Å²) in [6.07, 6.45) is 3.12. The molecule has 2 aromatic rings. The van der Waals surface area contributed by atoms with Crippen molar-refractivity contribution in [1.29, 1.82) is 5.26 Å². The van der Waals surface area contributed by atoms with Gasteiger partial charge in [0.05, 0.1) is 0 Å². The maximum Gasteiger partial charge on any atom is 0.166 e. The lowest BCUT2D eigenvalue weighted by atomic mass is 10.3. The van der Waals surface area contributed by atoms with Gasteiger partial charge < -0.3 is 0 Å². The molecular formula is C12H12BrN5. The van der Waals surface area contributed by atoms with Gasteiger partial charge in [0, 0.05) is 23.5 Å². The highest BCUT2D eigenvalue weighted by Gasteiger charge is 2.13. The maximum atomic E-state index is 9.11. The van der Waals surface area contributed by atoms with Gasteiger partial charge in [0.15, 0.2) is 11.5 Å². The number of halogens is 1. The van der Waals surface area contributed by atoms with Gasteiger partial charge in [-0.1, -0.05) is 13.8 Å². The van der Waals surface area contributed by atoms with Crippen LogP contribution in [0.4, 0.5) is 0 Å². The number of hydrogen-bond donors (Lipinski definition) is 0. The Morgan fingerprint density at radius 3 is 2.78 bits per heavy atom. The Kier molecular flexibility index (Phi) is 3.72. The van der Waals surface area contributed by atoms with Crippen molar-refractivity contribution in [2.45, 2.75) is 26.7 Å². The highest BCUT2D eigenvalue weighted by Crippen LogP contribution is 2.19. The van der Waals surface area contributed by atoms with Crippen molar-refractivity contribution in [3.8, 4) is 11.8 Å². The zero-order valence-corrected chi connectivity index (χ0v) is 11.8. The van der Waals surface area contributed by atoms with Gasteiger partial charge in [0.25, 0.3) is 0 Å². The van der Waals surface area contributed by atoms with Crippen molar-refractivity contribution in [1.82, 2.24) is 19.7 Å². The second kappa shape index (κ2) is 5.27. The van der Waals surface area contributed by atoms with Crippen molar-refractivity contribution < 1.29 is 0 Å². The minimum Gasteiger partial charge on any atom is -0.242 e. The average molecular weight is 306 g/mol. The summed E-state index contributed by atoms with van der Waals surface area (Å²) >= 11 is 3.36. The SMILES string of the molecule is CCc1nc(CC)n(-c2cc(Br)cnc2C#N)n1. The summed E-state index contributed by atoms with van der Waals surface area (Å²) in [7, 11) is 0. The molecule has 5 nitrogen and oxygen atoms in total. The van der Waals surface area contributed by atoms with Gasteiger partial charge in [-0.3, -0.25) is 0 Å². The van der Waals surface area contributed by atoms with Crippen molar-refractivity contribution in [2.75, 3.05) is 0 Å². The zero-order chi connectivity index (χ0) is 13.1. The van der Waals surface area contributed by atoms with Crippen LogP contribution in [0.5, 0.6) is 0 Å². The summed E-state index contributed by atoms with van der Waals surface area (Å²) in [5.41, 5.74) is 1.01. The third kappa shape index (κ3) is 2.27. The van der Waals surface area contributed by atoms with Crippen molar-refractivity contribution in [3.05, 3.63) is 34.1 Å². The van der Waals surface area contributed by atoms with E-state index in [-0.39, 0.29) is 0 Å². The third-order valence-electron chi connectivity index (χ3n) is 2.52. The van der Waals surface area contributed by atoms with Crippen LogP contribution in [0.1, 0.15) is 31.2 Å².